The molecule has 0 fully saturated rings. The maximum absolute atomic E-state index is 11.4. The van der Waals surface area contributed by atoms with Gasteiger partial charge in [-0.2, -0.15) is 0 Å². The summed E-state index contributed by atoms with van der Waals surface area (Å²) in [6.45, 7) is 0. The maximum Gasteiger partial charge on any atom is 0.293 e. The van der Waals surface area contributed by atoms with E-state index in [0.717, 1.165) is 0 Å². The molecule has 0 saturated carbocycles. The van der Waals surface area contributed by atoms with Crippen LogP contribution in [-0.2, 0) is 4.79 Å². The Morgan fingerprint density at radius 1 is 1.44 bits per heavy atom. The first kappa shape index (κ1) is 9.93. The number of benzene rings is 1. The van der Waals surface area contributed by atoms with Crippen molar-refractivity contribution in [2.75, 3.05) is 0 Å². The molecule has 0 radical (unpaired) electrons. The lowest BCUT2D eigenvalue weighted by Crippen LogP contribution is -2.07. The third kappa shape index (κ3) is 1.91. The Balaban J connectivity index is 2.61. The van der Waals surface area contributed by atoms with Gasteiger partial charge in [-0.15, -0.1) is 0 Å². The van der Waals surface area contributed by atoms with E-state index in [1.54, 1.807) is 18.2 Å². The highest BCUT2D eigenvalue weighted by atomic mass is 16.1. The molecule has 0 atom stereocenters. The number of H-pyrrole nitrogens is 1. The number of fused-ring (bicyclic) bond motifs is 1. The zero-order chi connectivity index (χ0) is 11.5. The van der Waals surface area contributed by atoms with Gasteiger partial charge in [-0.1, -0.05) is 5.92 Å². The highest BCUT2D eigenvalue weighted by Crippen LogP contribution is 2.07. The number of hydrogen-bond acceptors (Lipinski definition) is 3. The fourth-order valence-corrected chi connectivity index (χ4v) is 1.28. The molecule has 1 aromatic heterocycles. The zero-order valence-corrected chi connectivity index (χ0v) is 8.15. The molecule has 0 saturated heterocycles. The molecule has 0 spiro atoms. The van der Waals surface area contributed by atoms with Gasteiger partial charge in [0.25, 0.3) is 11.5 Å². The number of aromatic nitrogens is 2. The van der Waals surface area contributed by atoms with Gasteiger partial charge in [-0.3, -0.25) is 9.59 Å². The Kier molecular flexibility index (Phi) is 2.40. The number of carbonyl (C=O) groups is 1. The molecule has 1 aromatic carbocycles. The van der Waals surface area contributed by atoms with E-state index >= 15 is 0 Å². The molecule has 2 rings (SSSR count). The van der Waals surface area contributed by atoms with Gasteiger partial charge in [0, 0.05) is 5.56 Å². The van der Waals surface area contributed by atoms with Crippen LogP contribution in [0.15, 0.2) is 29.3 Å². The van der Waals surface area contributed by atoms with Crippen molar-refractivity contribution in [2.24, 2.45) is 5.73 Å². The minimum absolute atomic E-state index is 0.243. The minimum Gasteiger partial charge on any atom is -0.359 e. The van der Waals surface area contributed by atoms with Gasteiger partial charge in [0.2, 0.25) is 0 Å². The summed E-state index contributed by atoms with van der Waals surface area (Å²) >= 11 is 0. The van der Waals surface area contributed by atoms with Gasteiger partial charge in [0.15, 0.2) is 0 Å². The summed E-state index contributed by atoms with van der Waals surface area (Å²) in [5.41, 5.74) is 5.77. The van der Waals surface area contributed by atoms with E-state index in [4.69, 9.17) is 5.73 Å². The summed E-state index contributed by atoms with van der Waals surface area (Å²) in [6, 6.07) is 4.90. The highest BCUT2D eigenvalue weighted by molar-refractivity contribution is 5.92. The predicted molar refractivity (Wildman–Crippen MR) is 58.4 cm³/mol. The first-order chi connectivity index (χ1) is 7.66. The largest absolute Gasteiger partial charge is 0.359 e. The Bertz CT molecular complexity index is 677. The van der Waals surface area contributed by atoms with Crippen molar-refractivity contribution < 1.29 is 4.79 Å². The number of aromatic amines is 1. The summed E-state index contributed by atoms with van der Waals surface area (Å²) in [7, 11) is 0. The minimum atomic E-state index is -0.708. The number of rotatable bonds is 0. The third-order valence-electron chi connectivity index (χ3n) is 1.97. The first-order valence-corrected chi connectivity index (χ1v) is 4.46. The van der Waals surface area contributed by atoms with Gasteiger partial charge in [0.05, 0.1) is 17.2 Å². The van der Waals surface area contributed by atoms with Crippen molar-refractivity contribution in [3.05, 3.63) is 40.4 Å². The summed E-state index contributed by atoms with van der Waals surface area (Å²) in [5.74, 6) is 4.05. The maximum atomic E-state index is 11.4. The van der Waals surface area contributed by atoms with Crippen LogP contribution in [-0.4, -0.2) is 15.9 Å². The summed E-state index contributed by atoms with van der Waals surface area (Å²) < 4.78 is 0. The van der Waals surface area contributed by atoms with Crippen LogP contribution < -0.4 is 11.3 Å². The van der Waals surface area contributed by atoms with E-state index in [1.807, 2.05) is 0 Å². The van der Waals surface area contributed by atoms with Crippen molar-refractivity contribution in [1.29, 1.82) is 0 Å². The van der Waals surface area contributed by atoms with E-state index in [-0.39, 0.29) is 5.56 Å². The van der Waals surface area contributed by atoms with E-state index in [2.05, 4.69) is 21.8 Å². The monoisotopic (exact) mass is 213 g/mol. The smallest absolute Gasteiger partial charge is 0.293 e. The summed E-state index contributed by atoms with van der Waals surface area (Å²) in [4.78, 5) is 28.3. The molecule has 1 heterocycles. The number of amides is 1. The molecule has 5 nitrogen and oxygen atoms in total. The molecule has 0 aliphatic rings. The van der Waals surface area contributed by atoms with Crippen LogP contribution in [0.4, 0.5) is 0 Å². The number of nitrogens with zero attached hydrogens (tertiary/aromatic N) is 1. The van der Waals surface area contributed by atoms with Gasteiger partial charge >= 0.3 is 0 Å². The molecule has 2 aromatic rings. The van der Waals surface area contributed by atoms with E-state index in [9.17, 15) is 9.59 Å². The van der Waals surface area contributed by atoms with Crippen molar-refractivity contribution >= 4 is 16.8 Å². The first-order valence-electron chi connectivity index (χ1n) is 4.46. The van der Waals surface area contributed by atoms with Crippen molar-refractivity contribution in [3.63, 3.8) is 0 Å². The molecule has 3 N–H and O–H groups in total. The van der Waals surface area contributed by atoms with Crippen LogP contribution in [0.5, 0.6) is 0 Å². The van der Waals surface area contributed by atoms with Gasteiger partial charge < -0.3 is 10.7 Å². The standard InChI is InChI=1S/C11H7N3O2/c12-10(15)4-2-7-1-3-9-8(5-7)11(16)14-6-13-9/h1,3,5-6H,(H2,12,15)(H,13,14,16). The van der Waals surface area contributed by atoms with E-state index in [0.29, 0.717) is 16.5 Å². The number of carbonyl (C=O) groups excluding carboxylic acids is 1. The Morgan fingerprint density at radius 3 is 3.00 bits per heavy atom. The van der Waals surface area contributed by atoms with Crippen molar-refractivity contribution in [1.82, 2.24) is 9.97 Å². The van der Waals surface area contributed by atoms with Gasteiger partial charge in [0.1, 0.15) is 0 Å². The SMILES string of the molecule is NC(=O)C#Cc1ccc2nc[nH]c(=O)c2c1. The quantitative estimate of drug-likeness (QED) is 0.592. The van der Waals surface area contributed by atoms with Crippen LogP contribution in [0.2, 0.25) is 0 Å². The average molecular weight is 213 g/mol. The second-order valence-electron chi connectivity index (χ2n) is 3.08. The van der Waals surface area contributed by atoms with Crippen LogP contribution in [0, 0.1) is 11.8 Å². The molecule has 5 heteroatoms. The fourth-order valence-electron chi connectivity index (χ4n) is 1.28. The lowest BCUT2D eigenvalue weighted by atomic mass is 10.1. The Morgan fingerprint density at radius 2 is 2.25 bits per heavy atom. The van der Waals surface area contributed by atoms with Crippen LogP contribution in [0.3, 0.4) is 0 Å². The van der Waals surface area contributed by atoms with Gasteiger partial charge in [-0.05, 0) is 24.1 Å². The topological polar surface area (TPSA) is 88.8 Å². The number of hydrogen-bond donors (Lipinski definition) is 2. The molecule has 0 unspecified atom stereocenters. The second-order valence-corrected chi connectivity index (χ2v) is 3.08. The zero-order valence-electron chi connectivity index (χ0n) is 8.15. The summed E-state index contributed by atoms with van der Waals surface area (Å²) in [5, 5.41) is 0.429. The lowest BCUT2D eigenvalue weighted by molar-refractivity contribution is -0.112. The van der Waals surface area contributed by atoms with Crippen molar-refractivity contribution in [3.8, 4) is 11.8 Å². The molecule has 1 amide bonds. The number of nitrogens with one attached hydrogen (secondary N) is 1. The molecule has 78 valence electrons. The van der Waals surface area contributed by atoms with E-state index in [1.165, 1.54) is 6.33 Å². The molecule has 0 aliphatic heterocycles. The average Bonchev–Trinajstić information content (AvgIpc) is 2.27. The van der Waals surface area contributed by atoms with Crippen LogP contribution in [0.25, 0.3) is 10.9 Å². The van der Waals surface area contributed by atoms with Crippen molar-refractivity contribution in [2.45, 2.75) is 0 Å². The normalized spacial score (nSPS) is 9.50. The van der Waals surface area contributed by atoms with Crippen LogP contribution >= 0.6 is 0 Å². The third-order valence-corrected chi connectivity index (χ3v) is 1.97. The Labute approximate surface area is 90.3 Å². The highest BCUT2D eigenvalue weighted by Gasteiger charge is 1.99. The number of primary amides is 1. The number of nitrogens with two attached hydrogens (primary N) is 1. The molecule has 0 bridgehead atoms. The molecular formula is C11H7N3O2. The second kappa shape index (κ2) is 3.87. The lowest BCUT2D eigenvalue weighted by Gasteiger charge is -1.95. The van der Waals surface area contributed by atoms with Gasteiger partial charge in [-0.25, -0.2) is 4.98 Å². The molecule has 16 heavy (non-hydrogen) atoms. The predicted octanol–water partition coefficient (Wildman–Crippen LogP) is -0.240. The van der Waals surface area contributed by atoms with E-state index < -0.39 is 5.91 Å². The van der Waals surface area contributed by atoms with Crippen LogP contribution in [0.1, 0.15) is 5.56 Å². The molecular weight excluding hydrogens is 206 g/mol. The fraction of sp³-hybridized carbons (Fsp3) is 0. The molecule has 0 aliphatic carbocycles. The summed E-state index contributed by atoms with van der Waals surface area (Å²) in [6.07, 6.45) is 1.33. The Hall–Kier alpha value is -2.61.